The Labute approximate surface area is 118 Å². The molecule has 102 valence electrons. The lowest BCUT2D eigenvalue weighted by Gasteiger charge is -2.09. The molecule has 0 radical (unpaired) electrons. The topological polar surface area (TPSA) is 35.2 Å². The maximum Gasteiger partial charge on any atom is 0.126 e. The van der Waals surface area contributed by atoms with E-state index < -0.39 is 0 Å². The fourth-order valence-corrected chi connectivity index (χ4v) is 1.78. The SMILES string of the molecule is Cc1cc(OCc2ccccc2C#CCN)ccc1F. The summed E-state index contributed by atoms with van der Waals surface area (Å²) in [5.41, 5.74) is 7.83. The molecule has 0 saturated carbocycles. The Bertz CT molecular complexity index is 656. The van der Waals surface area contributed by atoms with Gasteiger partial charge >= 0.3 is 0 Å². The predicted octanol–water partition coefficient (Wildman–Crippen LogP) is 3.02. The third kappa shape index (κ3) is 3.59. The first-order valence-electron chi connectivity index (χ1n) is 6.36. The van der Waals surface area contributed by atoms with Gasteiger partial charge in [0.05, 0.1) is 6.54 Å². The van der Waals surface area contributed by atoms with Crippen LogP contribution in [0.15, 0.2) is 42.5 Å². The fourth-order valence-electron chi connectivity index (χ4n) is 1.78. The minimum absolute atomic E-state index is 0.230. The Balaban J connectivity index is 2.12. The summed E-state index contributed by atoms with van der Waals surface area (Å²) in [5.74, 6) is 6.26. The molecule has 20 heavy (non-hydrogen) atoms. The lowest BCUT2D eigenvalue weighted by atomic mass is 10.1. The number of benzene rings is 2. The van der Waals surface area contributed by atoms with Crippen LogP contribution in [0.2, 0.25) is 0 Å². The normalized spacial score (nSPS) is 9.75. The van der Waals surface area contributed by atoms with Crippen molar-refractivity contribution in [3.8, 4) is 17.6 Å². The zero-order valence-electron chi connectivity index (χ0n) is 11.3. The van der Waals surface area contributed by atoms with Gasteiger partial charge in [-0.05, 0) is 36.8 Å². The van der Waals surface area contributed by atoms with Gasteiger partial charge in [0.2, 0.25) is 0 Å². The van der Waals surface area contributed by atoms with E-state index in [1.54, 1.807) is 19.1 Å². The molecule has 2 aromatic carbocycles. The molecule has 0 unspecified atom stereocenters. The molecule has 3 heteroatoms. The number of halogens is 1. The summed E-state index contributed by atoms with van der Waals surface area (Å²) in [5, 5.41) is 0. The molecule has 2 N–H and O–H groups in total. The van der Waals surface area contributed by atoms with Crippen LogP contribution in [0.5, 0.6) is 5.75 Å². The van der Waals surface area contributed by atoms with Crippen LogP contribution >= 0.6 is 0 Å². The van der Waals surface area contributed by atoms with Crippen molar-refractivity contribution in [3.63, 3.8) is 0 Å². The molecule has 2 nitrogen and oxygen atoms in total. The van der Waals surface area contributed by atoms with Crippen LogP contribution < -0.4 is 10.5 Å². The van der Waals surface area contributed by atoms with Gasteiger partial charge in [-0.1, -0.05) is 30.0 Å². The van der Waals surface area contributed by atoms with E-state index >= 15 is 0 Å². The number of ether oxygens (including phenoxy) is 1. The molecule has 0 spiro atoms. The second-order valence-corrected chi connectivity index (χ2v) is 4.36. The van der Waals surface area contributed by atoms with Gasteiger partial charge in [0.1, 0.15) is 18.2 Å². The van der Waals surface area contributed by atoms with Crippen LogP contribution in [0.4, 0.5) is 4.39 Å². The van der Waals surface area contributed by atoms with E-state index in [0.717, 1.165) is 11.1 Å². The zero-order valence-corrected chi connectivity index (χ0v) is 11.3. The molecular weight excluding hydrogens is 253 g/mol. The Morgan fingerprint density at radius 2 is 2.00 bits per heavy atom. The lowest BCUT2D eigenvalue weighted by molar-refractivity contribution is 0.305. The van der Waals surface area contributed by atoms with E-state index in [0.29, 0.717) is 24.5 Å². The van der Waals surface area contributed by atoms with Crippen molar-refractivity contribution in [2.24, 2.45) is 5.73 Å². The quantitative estimate of drug-likeness (QED) is 0.869. The standard InChI is InChI=1S/C17H16FNO/c1-13-11-16(8-9-17(13)18)20-12-15-6-3-2-5-14(15)7-4-10-19/h2-3,5-6,8-9,11H,10,12,19H2,1H3. The fraction of sp³-hybridized carbons (Fsp3) is 0.176. The molecule has 2 rings (SSSR count). The summed E-state index contributed by atoms with van der Waals surface area (Å²) in [6.45, 7) is 2.43. The van der Waals surface area contributed by atoms with E-state index in [1.165, 1.54) is 6.07 Å². The molecule has 0 heterocycles. The van der Waals surface area contributed by atoms with Gasteiger partial charge in [-0.25, -0.2) is 4.39 Å². The van der Waals surface area contributed by atoms with Crippen LogP contribution in [0.3, 0.4) is 0 Å². The Hall–Kier alpha value is -2.31. The Kier molecular flexibility index (Phi) is 4.75. The van der Waals surface area contributed by atoms with Crippen LogP contribution in [-0.4, -0.2) is 6.54 Å². The molecule has 0 aliphatic rings. The Morgan fingerprint density at radius 3 is 2.75 bits per heavy atom. The second-order valence-electron chi connectivity index (χ2n) is 4.36. The van der Waals surface area contributed by atoms with Crippen molar-refractivity contribution in [1.29, 1.82) is 0 Å². The Morgan fingerprint density at radius 1 is 1.20 bits per heavy atom. The van der Waals surface area contributed by atoms with Crippen molar-refractivity contribution < 1.29 is 9.13 Å². The molecular formula is C17H16FNO. The predicted molar refractivity (Wildman–Crippen MR) is 77.8 cm³/mol. The first-order valence-corrected chi connectivity index (χ1v) is 6.36. The zero-order chi connectivity index (χ0) is 14.4. The third-order valence-corrected chi connectivity index (χ3v) is 2.87. The first-order chi connectivity index (χ1) is 9.70. The second kappa shape index (κ2) is 6.74. The van der Waals surface area contributed by atoms with Gasteiger partial charge in [0, 0.05) is 11.1 Å². The largest absolute Gasteiger partial charge is 0.489 e. The summed E-state index contributed by atoms with van der Waals surface area (Å²) >= 11 is 0. The average molecular weight is 269 g/mol. The van der Waals surface area contributed by atoms with Gasteiger partial charge in [-0.2, -0.15) is 0 Å². The number of nitrogens with two attached hydrogens (primary N) is 1. The van der Waals surface area contributed by atoms with E-state index in [2.05, 4.69) is 11.8 Å². The van der Waals surface area contributed by atoms with Gasteiger partial charge in [-0.15, -0.1) is 0 Å². The molecule has 0 aromatic heterocycles. The monoisotopic (exact) mass is 269 g/mol. The maximum atomic E-state index is 13.2. The highest BCUT2D eigenvalue weighted by Gasteiger charge is 2.03. The molecule has 0 aliphatic heterocycles. The minimum Gasteiger partial charge on any atom is -0.489 e. The summed E-state index contributed by atoms with van der Waals surface area (Å²) < 4.78 is 18.9. The summed E-state index contributed by atoms with van der Waals surface area (Å²) in [6, 6.07) is 12.5. The molecule has 0 amide bonds. The van der Waals surface area contributed by atoms with Gasteiger partial charge in [0.15, 0.2) is 0 Å². The van der Waals surface area contributed by atoms with E-state index in [9.17, 15) is 4.39 Å². The van der Waals surface area contributed by atoms with E-state index in [1.807, 2.05) is 24.3 Å². The number of hydrogen-bond acceptors (Lipinski definition) is 2. The lowest BCUT2D eigenvalue weighted by Crippen LogP contribution is -1.99. The average Bonchev–Trinajstić information content (AvgIpc) is 2.47. The molecule has 0 fully saturated rings. The van der Waals surface area contributed by atoms with Gasteiger partial charge in [0.25, 0.3) is 0 Å². The van der Waals surface area contributed by atoms with Crippen molar-refractivity contribution in [3.05, 3.63) is 65.0 Å². The molecule has 0 bridgehead atoms. The van der Waals surface area contributed by atoms with E-state index in [4.69, 9.17) is 10.5 Å². The van der Waals surface area contributed by atoms with Gasteiger partial charge < -0.3 is 10.5 Å². The van der Waals surface area contributed by atoms with Crippen LogP contribution in [0.1, 0.15) is 16.7 Å². The maximum absolute atomic E-state index is 13.2. The van der Waals surface area contributed by atoms with Crippen molar-refractivity contribution in [2.45, 2.75) is 13.5 Å². The summed E-state index contributed by atoms with van der Waals surface area (Å²) in [6.07, 6.45) is 0. The van der Waals surface area contributed by atoms with Crippen molar-refractivity contribution >= 4 is 0 Å². The number of rotatable bonds is 3. The first kappa shape index (κ1) is 14.1. The van der Waals surface area contributed by atoms with Crippen LogP contribution in [0.25, 0.3) is 0 Å². The van der Waals surface area contributed by atoms with Gasteiger partial charge in [-0.3, -0.25) is 0 Å². The highest BCUT2D eigenvalue weighted by molar-refractivity contribution is 5.41. The molecule has 2 aromatic rings. The highest BCUT2D eigenvalue weighted by atomic mass is 19.1. The smallest absolute Gasteiger partial charge is 0.126 e. The number of aryl methyl sites for hydroxylation is 1. The van der Waals surface area contributed by atoms with Crippen LogP contribution in [-0.2, 0) is 6.61 Å². The minimum atomic E-state index is -0.230. The van der Waals surface area contributed by atoms with Crippen molar-refractivity contribution in [2.75, 3.05) is 6.54 Å². The summed E-state index contributed by atoms with van der Waals surface area (Å²) in [4.78, 5) is 0. The molecule has 0 atom stereocenters. The molecule has 0 saturated heterocycles. The van der Waals surface area contributed by atoms with E-state index in [-0.39, 0.29) is 5.82 Å². The summed E-state index contributed by atoms with van der Waals surface area (Å²) in [7, 11) is 0. The van der Waals surface area contributed by atoms with Crippen LogP contribution in [0, 0.1) is 24.6 Å². The number of hydrogen-bond donors (Lipinski definition) is 1. The third-order valence-electron chi connectivity index (χ3n) is 2.87. The highest BCUT2D eigenvalue weighted by Crippen LogP contribution is 2.18. The van der Waals surface area contributed by atoms with Crippen molar-refractivity contribution in [1.82, 2.24) is 0 Å². The molecule has 0 aliphatic carbocycles.